The molecule has 0 aromatic heterocycles. The molecule has 0 heterocycles. The van der Waals surface area contributed by atoms with Gasteiger partial charge in [0.1, 0.15) is 12.1 Å². The number of rotatable bonds is 10. The molecule has 26 heavy (non-hydrogen) atoms. The molecule has 1 rings (SSSR count). The predicted molar refractivity (Wildman–Crippen MR) is 98.9 cm³/mol. The topological polar surface area (TPSA) is 153 Å². The maximum absolute atomic E-state index is 11.9. The number of carbonyl (C=O) groups excluding carboxylic acids is 1. The van der Waals surface area contributed by atoms with E-state index in [0.717, 1.165) is 9.13 Å². The van der Waals surface area contributed by atoms with Gasteiger partial charge in [0.05, 0.1) is 0 Å². The molecular formula is C16H19IN2O7. The van der Waals surface area contributed by atoms with Crippen molar-refractivity contribution in [3.63, 3.8) is 0 Å². The summed E-state index contributed by atoms with van der Waals surface area (Å²) in [5.74, 6) is -3.84. The van der Waals surface area contributed by atoms with Gasteiger partial charge in [-0.2, -0.15) is 0 Å². The molecular weight excluding hydrogens is 459 g/mol. The first-order valence-electron chi connectivity index (χ1n) is 7.68. The van der Waals surface area contributed by atoms with E-state index in [1.54, 1.807) is 0 Å². The highest BCUT2D eigenvalue weighted by molar-refractivity contribution is 14.1. The summed E-state index contributed by atoms with van der Waals surface area (Å²) < 4.78 is 1.04. The van der Waals surface area contributed by atoms with Crippen molar-refractivity contribution in [3.8, 4) is 0 Å². The van der Waals surface area contributed by atoms with Crippen LogP contribution >= 0.6 is 22.6 Å². The van der Waals surface area contributed by atoms with E-state index in [4.69, 9.17) is 10.2 Å². The van der Waals surface area contributed by atoms with Crippen LogP contribution in [0.15, 0.2) is 24.3 Å². The minimum absolute atomic E-state index is 0.121. The molecule has 0 unspecified atom stereocenters. The van der Waals surface area contributed by atoms with E-state index in [0.29, 0.717) is 6.42 Å². The highest BCUT2D eigenvalue weighted by Crippen LogP contribution is 2.10. The van der Waals surface area contributed by atoms with Crippen molar-refractivity contribution in [2.24, 2.45) is 0 Å². The predicted octanol–water partition coefficient (Wildman–Crippen LogP) is 1.29. The van der Waals surface area contributed by atoms with Crippen molar-refractivity contribution in [2.45, 2.75) is 37.8 Å². The number of aliphatic carboxylic acids is 3. The molecule has 0 aliphatic carbocycles. The quantitative estimate of drug-likeness (QED) is 0.318. The molecule has 10 heteroatoms. The van der Waals surface area contributed by atoms with Gasteiger partial charge in [-0.15, -0.1) is 0 Å². The molecule has 0 radical (unpaired) electrons. The van der Waals surface area contributed by atoms with Crippen molar-refractivity contribution in [1.82, 2.24) is 10.6 Å². The molecule has 0 saturated carbocycles. The number of hydrogen-bond acceptors (Lipinski definition) is 4. The number of nitrogens with one attached hydrogen (secondary N) is 2. The van der Waals surface area contributed by atoms with Gasteiger partial charge in [0.25, 0.3) is 0 Å². The Bertz CT molecular complexity index is 663. The average molecular weight is 478 g/mol. The molecule has 0 saturated heterocycles. The lowest BCUT2D eigenvalue weighted by Gasteiger charge is -2.18. The summed E-state index contributed by atoms with van der Waals surface area (Å²) >= 11 is 2.15. The van der Waals surface area contributed by atoms with Gasteiger partial charge in [0, 0.05) is 9.99 Å². The van der Waals surface area contributed by atoms with Crippen LogP contribution in [0.4, 0.5) is 4.79 Å². The Hall–Kier alpha value is -2.37. The van der Waals surface area contributed by atoms with Crippen LogP contribution in [0.2, 0.25) is 0 Å². The second-order valence-electron chi connectivity index (χ2n) is 5.50. The van der Waals surface area contributed by atoms with Crippen LogP contribution in [-0.2, 0) is 20.8 Å². The van der Waals surface area contributed by atoms with Gasteiger partial charge in [0.2, 0.25) is 0 Å². The van der Waals surface area contributed by atoms with Gasteiger partial charge in [0.15, 0.2) is 0 Å². The lowest BCUT2D eigenvalue weighted by atomic mass is 10.1. The Morgan fingerprint density at radius 3 is 1.85 bits per heavy atom. The van der Waals surface area contributed by atoms with Gasteiger partial charge < -0.3 is 26.0 Å². The summed E-state index contributed by atoms with van der Waals surface area (Å²) in [5.41, 5.74) is 0.906. The average Bonchev–Trinajstić information content (AvgIpc) is 2.56. The van der Waals surface area contributed by atoms with Gasteiger partial charge in [-0.3, -0.25) is 4.79 Å². The molecule has 0 aliphatic heterocycles. The van der Waals surface area contributed by atoms with E-state index in [-0.39, 0.29) is 12.8 Å². The Labute approximate surface area is 162 Å². The third-order valence-electron chi connectivity index (χ3n) is 3.49. The van der Waals surface area contributed by atoms with Crippen molar-refractivity contribution in [1.29, 1.82) is 0 Å². The number of aryl methyl sites for hydroxylation is 1. The Kier molecular flexibility index (Phi) is 8.82. The van der Waals surface area contributed by atoms with E-state index in [1.807, 2.05) is 24.3 Å². The highest BCUT2D eigenvalue weighted by atomic mass is 127. The summed E-state index contributed by atoms with van der Waals surface area (Å²) in [6.45, 7) is 0. The minimum atomic E-state index is -1.42. The SMILES string of the molecule is O=C(O)CC[C@H](NC(=O)N[C@@H](CCc1ccc(I)cc1)C(=O)O)C(=O)O. The zero-order valence-electron chi connectivity index (χ0n) is 13.6. The van der Waals surface area contributed by atoms with Crippen LogP contribution in [0.1, 0.15) is 24.8 Å². The molecule has 0 aliphatic rings. The number of carboxylic acid groups (broad SMARTS) is 3. The van der Waals surface area contributed by atoms with Gasteiger partial charge >= 0.3 is 23.9 Å². The fraction of sp³-hybridized carbons (Fsp3) is 0.375. The first-order valence-corrected chi connectivity index (χ1v) is 8.75. The fourth-order valence-electron chi connectivity index (χ4n) is 2.10. The third-order valence-corrected chi connectivity index (χ3v) is 4.21. The van der Waals surface area contributed by atoms with Crippen LogP contribution < -0.4 is 10.6 Å². The molecule has 2 atom stereocenters. The second kappa shape index (κ2) is 10.6. The van der Waals surface area contributed by atoms with Crippen LogP contribution in [0.5, 0.6) is 0 Å². The zero-order chi connectivity index (χ0) is 19.7. The van der Waals surface area contributed by atoms with Crippen LogP contribution in [0, 0.1) is 3.57 Å². The number of urea groups is 1. The Morgan fingerprint density at radius 2 is 1.38 bits per heavy atom. The molecule has 5 N–H and O–H groups in total. The largest absolute Gasteiger partial charge is 0.481 e. The monoisotopic (exact) mass is 478 g/mol. The summed E-state index contributed by atoms with van der Waals surface area (Å²) in [6, 6.07) is 3.87. The number of hydrogen-bond donors (Lipinski definition) is 5. The lowest BCUT2D eigenvalue weighted by Crippen LogP contribution is -2.51. The normalized spacial score (nSPS) is 12.7. The Morgan fingerprint density at radius 1 is 0.885 bits per heavy atom. The van der Waals surface area contributed by atoms with Gasteiger partial charge in [-0.05, 0) is 59.5 Å². The highest BCUT2D eigenvalue weighted by Gasteiger charge is 2.24. The maximum Gasteiger partial charge on any atom is 0.326 e. The molecule has 142 valence electrons. The number of halogens is 1. The van der Waals surface area contributed by atoms with E-state index in [1.165, 1.54) is 0 Å². The van der Waals surface area contributed by atoms with Crippen molar-refractivity contribution >= 4 is 46.5 Å². The van der Waals surface area contributed by atoms with Crippen LogP contribution in [0.25, 0.3) is 0 Å². The first-order chi connectivity index (χ1) is 12.2. The molecule has 0 bridgehead atoms. The third kappa shape index (κ3) is 8.14. The molecule has 0 spiro atoms. The standard InChI is InChI=1S/C16H19IN2O7/c17-10-4-1-9(2-5-10)3-6-11(14(22)23)18-16(26)19-12(15(24)25)7-8-13(20)21/h1-2,4-5,11-12H,3,6-8H2,(H,20,21)(H,22,23)(H,24,25)(H2,18,19,26)/t11-,12-/m0/s1. The van der Waals surface area contributed by atoms with E-state index < -0.39 is 42.4 Å². The minimum Gasteiger partial charge on any atom is -0.481 e. The van der Waals surface area contributed by atoms with Crippen molar-refractivity contribution < 1.29 is 34.5 Å². The number of carbonyl (C=O) groups is 4. The summed E-state index contributed by atoms with van der Waals surface area (Å²) in [6.07, 6.45) is -0.212. The van der Waals surface area contributed by atoms with Crippen LogP contribution in [-0.4, -0.2) is 51.3 Å². The molecule has 1 aromatic rings. The number of amides is 2. The van der Waals surface area contributed by atoms with E-state index in [9.17, 15) is 24.3 Å². The van der Waals surface area contributed by atoms with E-state index >= 15 is 0 Å². The first kappa shape index (κ1) is 21.7. The summed E-state index contributed by atoms with van der Waals surface area (Å²) in [5, 5.41) is 31.1. The number of carboxylic acids is 3. The fourth-order valence-corrected chi connectivity index (χ4v) is 2.46. The van der Waals surface area contributed by atoms with Crippen molar-refractivity contribution in [3.05, 3.63) is 33.4 Å². The Balaban J connectivity index is 2.60. The second-order valence-corrected chi connectivity index (χ2v) is 6.74. The van der Waals surface area contributed by atoms with E-state index in [2.05, 4.69) is 33.2 Å². The van der Waals surface area contributed by atoms with Gasteiger partial charge in [-0.1, -0.05) is 12.1 Å². The van der Waals surface area contributed by atoms with Crippen molar-refractivity contribution in [2.75, 3.05) is 0 Å². The lowest BCUT2D eigenvalue weighted by molar-refractivity contribution is -0.140. The zero-order valence-corrected chi connectivity index (χ0v) is 15.8. The maximum atomic E-state index is 11.9. The number of benzene rings is 1. The molecule has 0 fully saturated rings. The summed E-state index contributed by atoms with van der Waals surface area (Å²) in [4.78, 5) is 44.8. The van der Waals surface area contributed by atoms with Gasteiger partial charge in [-0.25, -0.2) is 14.4 Å². The molecule has 2 amide bonds. The molecule has 1 aromatic carbocycles. The summed E-state index contributed by atoms with van der Waals surface area (Å²) in [7, 11) is 0. The smallest absolute Gasteiger partial charge is 0.326 e. The molecule has 9 nitrogen and oxygen atoms in total. The van der Waals surface area contributed by atoms with Crippen LogP contribution in [0.3, 0.4) is 0 Å².